The molecule has 0 bridgehead atoms. The van der Waals surface area contributed by atoms with Crippen molar-refractivity contribution in [3.63, 3.8) is 0 Å². The fourth-order valence-corrected chi connectivity index (χ4v) is 2.47. The largest absolute Gasteiger partial charge is 0.483 e. The van der Waals surface area contributed by atoms with Crippen molar-refractivity contribution in [2.75, 3.05) is 18.0 Å². The minimum atomic E-state index is -0.250. The summed E-state index contributed by atoms with van der Waals surface area (Å²) in [7, 11) is 0. The molecule has 1 N–H and O–H groups in total. The fourth-order valence-electron chi connectivity index (χ4n) is 2.47. The van der Waals surface area contributed by atoms with Crippen LogP contribution in [0.3, 0.4) is 0 Å². The average Bonchev–Trinajstić information content (AvgIpc) is 2.55. The van der Waals surface area contributed by atoms with Crippen molar-refractivity contribution in [2.45, 2.75) is 65.2 Å². The summed E-state index contributed by atoms with van der Waals surface area (Å²) in [6.45, 7) is 6.74. The van der Waals surface area contributed by atoms with Crippen LogP contribution < -0.4 is 4.90 Å². The first-order valence-corrected chi connectivity index (χ1v) is 8.67. The smallest absolute Gasteiger partial charge is 0.290 e. The zero-order valence-corrected chi connectivity index (χ0v) is 14.3. The van der Waals surface area contributed by atoms with Crippen LogP contribution in [0.5, 0.6) is 0 Å². The Bertz CT molecular complexity index is 329. The number of nitrogens with zero attached hydrogens (tertiary/aromatic N) is 1. The van der Waals surface area contributed by atoms with Crippen LogP contribution >= 0.6 is 0 Å². The van der Waals surface area contributed by atoms with Gasteiger partial charge in [-0.1, -0.05) is 70.6 Å². The molecule has 0 radical (unpaired) electrons. The van der Waals surface area contributed by atoms with Gasteiger partial charge >= 0.3 is 0 Å². The van der Waals surface area contributed by atoms with Gasteiger partial charge in [-0.05, 0) is 25.0 Å². The third kappa shape index (κ3) is 11.2. The number of anilines is 1. The maximum absolute atomic E-state index is 8.36. The maximum Gasteiger partial charge on any atom is 0.290 e. The number of para-hydroxylation sites is 1. The Morgan fingerprint density at radius 2 is 1.32 bits per heavy atom. The van der Waals surface area contributed by atoms with Gasteiger partial charge in [0.1, 0.15) is 0 Å². The van der Waals surface area contributed by atoms with Gasteiger partial charge in [-0.15, -0.1) is 0 Å². The zero-order valence-electron chi connectivity index (χ0n) is 14.3. The third-order valence-electron chi connectivity index (χ3n) is 3.68. The Balaban J connectivity index is 0.00000135. The minimum absolute atomic E-state index is 0.250. The van der Waals surface area contributed by atoms with E-state index in [1.807, 2.05) is 0 Å². The molecule has 0 unspecified atom stereocenters. The minimum Gasteiger partial charge on any atom is -0.483 e. The van der Waals surface area contributed by atoms with Crippen molar-refractivity contribution in [1.82, 2.24) is 0 Å². The highest BCUT2D eigenvalue weighted by atomic mass is 16.3. The van der Waals surface area contributed by atoms with Crippen LogP contribution in [-0.2, 0) is 4.79 Å². The van der Waals surface area contributed by atoms with E-state index >= 15 is 0 Å². The molecule has 3 nitrogen and oxygen atoms in total. The summed E-state index contributed by atoms with van der Waals surface area (Å²) in [6, 6.07) is 10.9. The summed E-state index contributed by atoms with van der Waals surface area (Å²) < 4.78 is 0. The van der Waals surface area contributed by atoms with Gasteiger partial charge in [0.05, 0.1) is 0 Å². The molecule has 0 saturated heterocycles. The molecule has 1 aromatic carbocycles. The number of unbranched alkanes of at least 4 members (excludes halogenated alkanes) is 6. The normalized spacial score (nSPS) is 9.73. The highest BCUT2D eigenvalue weighted by Crippen LogP contribution is 2.16. The van der Waals surface area contributed by atoms with Gasteiger partial charge in [0.25, 0.3) is 6.47 Å². The van der Waals surface area contributed by atoms with E-state index in [0.29, 0.717) is 0 Å². The molecule has 0 heterocycles. The van der Waals surface area contributed by atoms with Crippen LogP contribution in [0.4, 0.5) is 5.69 Å². The van der Waals surface area contributed by atoms with Crippen LogP contribution in [0.1, 0.15) is 65.2 Å². The van der Waals surface area contributed by atoms with E-state index in [2.05, 4.69) is 49.1 Å². The lowest BCUT2D eigenvalue weighted by Gasteiger charge is -2.25. The van der Waals surface area contributed by atoms with Crippen molar-refractivity contribution in [3.8, 4) is 0 Å². The van der Waals surface area contributed by atoms with Gasteiger partial charge < -0.3 is 10.0 Å². The molecule has 0 aliphatic carbocycles. The van der Waals surface area contributed by atoms with Gasteiger partial charge in [-0.2, -0.15) is 0 Å². The maximum atomic E-state index is 8.36. The van der Waals surface area contributed by atoms with E-state index in [-0.39, 0.29) is 6.47 Å². The van der Waals surface area contributed by atoms with Crippen molar-refractivity contribution < 1.29 is 9.90 Å². The Morgan fingerprint density at radius 3 is 1.73 bits per heavy atom. The van der Waals surface area contributed by atoms with E-state index in [0.717, 1.165) is 0 Å². The number of rotatable bonds is 11. The molecule has 0 atom stereocenters. The van der Waals surface area contributed by atoms with E-state index < -0.39 is 0 Å². The van der Waals surface area contributed by atoms with Crippen LogP contribution in [0, 0.1) is 0 Å². The van der Waals surface area contributed by atoms with E-state index in [4.69, 9.17) is 9.90 Å². The number of carboxylic acid groups (broad SMARTS) is 1. The monoisotopic (exact) mass is 307 g/mol. The number of hydrogen-bond donors (Lipinski definition) is 1. The van der Waals surface area contributed by atoms with Crippen molar-refractivity contribution in [1.29, 1.82) is 0 Å². The molecular weight excluding hydrogens is 274 g/mol. The molecule has 0 fully saturated rings. The first-order valence-electron chi connectivity index (χ1n) is 8.67. The summed E-state index contributed by atoms with van der Waals surface area (Å²) in [4.78, 5) is 10.9. The lowest BCUT2D eigenvalue weighted by Crippen LogP contribution is -2.25. The van der Waals surface area contributed by atoms with E-state index in [1.165, 1.54) is 70.1 Å². The molecule has 0 aromatic heterocycles. The summed E-state index contributed by atoms with van der Waals surface area (Å²) in [6.07, 6.45) is 10.8. The molecule has 0 amide bonds. The van der Waals surface area contributed by atoms with Crippen molar-refractivity contribution in [3.05, 3.63) is 30.3 Å². The molecule has 1 rings (SSSR count). The Hall–Kier alpha value is -1.51. The highest BCUT2D eigenvalue weighted by molar-refractivity contribution is 5.45. The van der Waals surface area contributed by atoms with Gasteiger partial charge in [0.15, 0.2) is 0 Å². The zero-order chi connectivity index (χ0) is 16.5. The standard InChI is InChI=1S/C18H31N.CH2O2/c1-3-5-7-12-16-19(17-13-8-6-4-2)18-14-10-9-11-15-18;2-1-3/h9-11,14-15H,3-8,12-13,16-17H2,1-2H3;1H,(H,2,3). The summed E-state index contributed by atoms with van der Waals surface area (Å²) in [5.41, 5.74) is 1.40. The second-order valence-electron chi connectivity index (χ2n) is 5.55. The van der Waals surface area contributed by atoms with Gasteiger partial charge in [-0.3, -0.25) is 4.79 Å². The number of hydrogen-bond acceptors (Lipinski definition) is 2. The fraction of sp³-hybridized carbons (Fsp3) is 0.632. The first-order chi connectivity index (χ1) is 10.8. The lowest BCUT2D eigenvalue weighted by atomic mass is 10.1. The third-order valence-corrected chi connectivity index (χ3v) is 3.68. The highest BCUT2D eigenvalue weighted by Gasteiger charge is 2.05. The van der Waals surface area contributed by atoms with E-state index in [9.17, 15) is 0 Å². The van der Waals surface area contributed by atoms with Crippen LogP contribution in [0.25, 0.3) is 0 Å². The van der Waals surface area contributed by atoms with Crippen molar-refractivity contribution >= 4 is 12.2 Å². The van der Waals surface area contributed by atoms with Crippen LogP contribution in [0.2, 0.25) is 0 Å². The van der Waals surface area contributed by atoms with E-state index in [1.54, 1.807) is 0 Å². The second kappa shape index (κ2) is 15.9. The Labute approximate surface area is 136 Å². The SMILES string of the molecule is CCCCCCN(CCCCCC)c1ccccc1.O=CO. The Kier molecular flexibility index (Phi) is 14.8. The van der Waals surface area contributed by atoms with Crippen LogP contribution in [-0.4, -0.2) is 24.7 Å². The molecule has 1 aromatic rings. The lowest BCUT2D eigenvalue weighted by molar-refractivity contribution is -0.122. The average molecular weight is 307 g/mol. The Morgan fingerprint density at radius 1 is 0.864 bits per heavy atom. The molecule has 126 valence electrons. The van der Waals surface area contributed by atoms with Gasteiger partial charge in [0, 0.05) is 18.8 Å². The molecular formula is C19H33NO2. The molecule has 0 spiro atoms. The second-order valence-corrected chi connectivity index (χ2v) is 5.55. The number of benzene rings is 1. The van der Waals surface area contributed by atoms with Gasteiger partial charge in [0.2, 0.25) is 0 Å². The predicted octanol–water partition coefficient (Wildman–Crippen LogP) is 5.35. The molecule has 3 heteroatoms. The molecule has 22 heavy (non-hydrogen) atoms. The van der Waals surface area contributed by atoms with Crippen molar-refractivity contribution in [2.24, 2.45) is 0 Å². The quantitative estimate of drug-likeness (QED) is 0.442. The topological polar surface area (TPSA) is 40.5 Å². The first kappa shape index (κ1) is 20.5. The molecule has 0 aliphatic heterocycles. The molecule has 0 saturated carbocycles. The van der Waals surface area contributed by atoms with Crippen LogP contribution in [0.15, 0.2) is 30.3 Å². The van der Waals surface area contributed by atoms with Gasteiger partial charge in [-0.25, -0.2) is 0 Å². The predicted molar refractivity (Wildman–Crippen MR) is 95.6 cm³/mol. The summed E-state index contributed by atoms with van der Waals surface area (Å²) >= 11 is 0. The number of carbonyl (C=O) groups is 1. The summed E-state index contributed by atoms with van der Waals surface area (Å²) in [5.74, 6) is 0. The molecule has 0 aliphatic rings. The summed E-state index contributed by atoms with van der Waals surface area (Å²) in [5, 5.41) is 6.89.